The number of hydrogen-bond donors (Lipinski definition) is 0. The van der Waals surface area contributed by atoms with Crippen LogP contribution in [0.1, 0.15) is 0 Å². The minimum atomic E-state index is 0.810. The van der Waals surface area contributed by atoms with Crippen molar-refractivity contribution >= 4 is 45.2 Å². The van der Waals surface area contributed by atoms with Gasteiger partial charge in [-0.2, -0.15) is 0 Å². The second-order valence-electron chi connectivity index (χ2n) is 20.9. The number of benzene rings is 13. The van der Waals surface area contributed by atoms with Crippen LogP contribution in [0.15, 0.2) is 340 Å². The van der Waals surface area contributed by atoms with E-state index in [1.165, 1.54) is 44.5 Å². The highest BCUT2D eigenvalue weighted by atomic mass is 15.1. The van der Waals surface area contributed by atoms with Crippen molar-refractivity contribution in [2.24, 2.45) is 0 Å². The lowest BCUT2D eigenvalue weighted by Gasteiger charge is -2.27. The van der Waals surface area contributed by atoms with Gasteiger partial charge in [-0.15, -0.1) is 0 Å². The van der Waals surface area contributed by atoms with Crippen LogP contribution in [0.4, 0.5) is 34.1 Å². The molecule has 0 saturated carbocycles. The fraction of sp³-hybridized carbons (Fsp3) is 0. The first-order chi connectivity index (χ1) is 41.6. The molecule has 4 heteroatoms. The predicted octanol–water partition coefficient (Wildman–Crippen LogP) is 21.9. The van der Waals surface area contributed by atoms with Crippen molar-refractivity contribution in [1.29, 1.82) is 0 Å². The fourth-order valence-electron chi connectivity index (χ4n) is 11.5. The first-order valence-corrected chi connectivity index (χ1v) is 28.5. The van der Waals surface area contributed by atoms with Crippen LogP contribution < -0.4 is 9.80 Å². The highest BCUT2D eigenvalue weighted by Gasteiger charge is 2.21. The number of para-hydroxylation sites is 2. The molecule has 0 N–H and O–H groups in total. The molecule has 396 valence electrons. The summed E-state index contributed by atoms with van der Waals surface area (Å²) in [5.74, 6) is 0. The zero-order chi connectivity index (χ0) is 56.0. The molecule has 0 saturated heterocycles. The van der Waals surface area contributed by atoms with Crippen LogP contribution >= 0.6 is 0 Å². The summed E-state index contributed by atoms with van der Waals surface area (Å²) in [7, 11) is 0. The lowest BCUT2D eigenvalue weighted by molar-refractivity contribution is 1.26. The number of rotatable bonds is 14. The average molecular weight is 1070 g/mol. The Balaban J connectivity index is 0.846. The molecule has 14 rings (SSSR count). The second-order valence-corrected chi connectivity index (χ2v) is 20.9. The van der Waals surface area contributed by atoms with Crippen LogP contribution in [0.25, 0.3) is 100 Å². The van der Waals surface area contributed by atoms with Gasteiger partial charge in [0.2, 0.25) is 0 Å². The van der Waals surface area contributed by atoms with Gasteiger partial charge in [0.1, 0.15) is 0 Å². The summed E-state index contributed by atoms with van der Waals surface area (Å²) in [6, 6.07) is 121. The van der Waals surface area contributed by atoms with Gasteiger partial charge in [-0.3, -0.25) is 0 Å². The molecule has 0 unspecified atom stereocenters. The average Bonchev–Trinajstić information content (AvgIpc) is 3.29. The Bertz CT molecular complexity index is 4250. The number of anilines is 6. The number of hydrogen-bond acceptors (Lipinski definition) is 4. The zero-order valence-corrected chi connectivity index (χ0v) is 46.1. The SMILES string of the molecule is c1ccc(-c2ccc(N(c3ccc(-c4nc5ccccc5nc4-c4ccc(N(c5ccc(-c6ccccc6)cc5)c5cccc(-c6ccccc6-c6ccccc6)c5)cc4)cc3)c3cccc(-c4ccccc4-c4ccccc4)c3)cc2)cc1. The molecule has 4 nitrogen and oxygen atoms in total. The smallest absolute Gasteiger partial charge is 0.0973 e. The summed E-state index contributed by atoms with van der Waals surface area (Å²) >= 11 is 0. The summed E-state index contributed by atoms with van der Waals surface area (Å²) < 4.78 is 0. The molecule has 0 spiro atoms. The minimum Gasteiger partial charge on any atom is -0.310 e. The minimum absolute atomic E-state index is 0.810. The van der Waals surface area contributed by atoms with Gasteiger partial charge in [0.15, 0.2) is 0 Å². The van der Waals surface area contributed by atoms with Gasteiger partial charge in [0.05, 0.1) is 22.4 Å². The van der Waals surface area contributed by atoms with E-state index in [-0.39, 0.29) is 0 Å². The molecule has 1 heterocycles. The summed E-state index contributed by atoms with van der Waals surface area (Å²) in [4.78, 5) is 15.5. The van der Waals surface area contributed by atoms with Crippen LogP contribution in [-0.4, -0.2) is 9.97 Å². The standard InChI is InChI=1S/C80H56N4/c1-5-21-57(22-6-1)59-39-47-67(48-40-59)83(71-31-19-29-65(55-71)75-35-15-13-33-73(75)61-25-9-3-10-26-61)69-51-43-63(44-52-69)79-80(82-78-38-18-17-37-77(78)81-79)64-45-53-70(54-46-64)84(68-49-41-60(42-50-68)58-23-7-2-8-24-58)72-32-20-30-66(56-72)76-36-16-14-34-74(76)62-27-11-4-12-28-62/h1-56H. The van der Waals surface area contributed by atoms with Gasteiger partial charge in [-0.1, -0.05) is 255 Å². The third kappa shape index (κ3) is 10.4. The molecule has 1 aromatic heterocycles. The van der Waals surface area contributed by atoms with Gasteiger partial charge in [-0.05, 0) is 152 Å². The molecule has 0 radical (unpaired) electrons. The van der Waals surface area contributed by atoms with Crippen molar-refractivity contribution in [2.75, 3.05) is 9.80 Å². The van der Waals surface area contributed by atoms with Crippen molar-refractivity contribution in [3.63, 3.8) is 0 Å². The second kappa shape index (κ2) is 23.1. The molecular formula is C80H56N4. The molecule has 0 atom stereocenters. The lowest BCUT2D eigenvalue weighted by Crippen LogP contribution is -2.10. The first kappa shape index (κ1) is 51.0. The highest BCUT2D eigenvalue weighted by Crippen LogP contribution is 2.44. The van der Waals surface area contributed by atoms with Crippen molar-refractivity contribution in [3.05, 3.63) is 340 Å². The Morgan fingerprint density at radius 1 is 0.167 bits per heavy atom. The zero-order valence-electron chi connectivity index (χ0n) is 46.1. The van der Waals surface area contributed by atoms with Gasteiger partial charge in [-0.25, -0.2) is 9.97 Å². The highest BCUT2D eigenvalue weighted by molar-refractivity contribution is 5.92. The number of fused-ring (bicyclic) bond motifs is 1. The molecule has 0 aliphatic carbocycles. The van der Waals surface area contributed by atoms with Crippen molar-refractivity contribution in [3.8, 4) is 89.3 Å². The molecule has 0 fully saturated rings. The maximum absolute atomic E-state index is 5.40. The quantitative estimate of drug-likeness (QED) is 0.109. The topological polar surface area (TPSA) is 32.3 Å². The fourth-order valence-corrected chi connectivity index (χ4v) is 11.5. The molecule has 84 heavy (non-hydrogen) atoms. The molecule has 14 aromatic rings. The van der Waals surface area contributed by atoms with Gasteiger partial charge in [0, 0.05) is 45.3 Å². The monoisotopic (exact) mass is 1070 g/mol. The van der Waals surface area contributed by atoms with Gasteiger partial charge >= 0.3 is 0 Å². The van der Waals surface area contributed by atoms with E-state index in [2.05, 4.69) is 325 Å². The van der Waals surface area contributed by atoms with Crippen molar-refractivity contribution in [2.45, 2.75) is 0 Å². The molecule has 13 aromatic carbocycles. The summed E-state index contributed by atoms with van der Waals surface area (Å²) in [6.45, 7) is 0. The summed E-state index contributed by atoms with van der Waals surface area (Å²) in [6.07, 6.45) is 0. The number of nitrogens with zero attached hydrogens (tertiary/aromatic N) is 4. The summed E-state index contributed by atoms with van der Waals surface area (Å²) in [5, 5.41) is 0. The van der Waals surface area contributed by atoms with E-state index in [1.54, 1.807) is 0 Å². The van der Waals surface area contributed by atoms with E-state index < -0.39 is 0 Å². The Morgan fingerprint density at radius 3 is 0.750 bits per heavy atom. The normalized spacial score (nSPS) is 11.1. The van der Waals surface area contributed by atoms with E-state index in [4.69, 9.17) is 9.97 Å². The van der Waals surface area contributed by atoms with Crippen molar-refractivity contribution < 1.29 is 0 Å². The Kier molecular flexibility index (Phi) is 14.0. The molecule has 0 aliphatic heterocycles. The van der Waals surface area contributed by atoms with E-state index in [1.807, 2.05) is 24.3 Å². The molecule has 0 amide bonds. The van der Waals surface area contributed by atoms with E-state index >= 15 is 0 Å². The molecule has 0 aliphatic rings. The van der Waals surface area contributed by atoms with E-state index in [0.29, 0.717) is 0 Å². The molecular weight excluding hydrogens is 1020 g/mol. The maximum Gasteiger partial charge on any atom is 0.0973 e. The van der Waals surface area contributed by atoms with Gasteiger partial charge < -0.3 is 9.80 Å². The largest absolute Gasteiger partial charge is 0.310 e. The Morgan fingerprint density at radius 2 is 0.417 bits per heavy atom. The van der Waals surface area contributed by atoms with E-state index in [9.17, 15) is 0 Å². The maximum atomic E-state index is 5.40. The van der Waals surface area contributed by atoms with Crippen LogP contribution in [0.3, 0.4) is 0 Å². The Labute approximate surface area is 491 Å². The lowest BCUT2D eigenvalue weighted by atomic mass is 9.94. The third-order valence-corrected chi connectivity index (χ3v) is 15.7. The summed E-state index contributed by atoms with van der Waals surface area (Å²) in [5.41, 5.74) is 25.5. The van der Waals surface area contributed by atoms with Crippen LogP contribution in [0, 0.1) is 0 Å². The van der Waals surface area contributed by atoms with Crippen LogP contribution in [0.5, 0.6) is 0 Å². The van der Waals surface area contributed by atoms with E-state index in [0.717, 1.165) is 89.9 Å². The third-order valence-electron chi connectivity index (χ3n) is 15.7. The first-order valence-electron chi connectivity index (χ1n) is 28.5. The van der Waals surface area contributed by atoms with Gasteiger partial charge in [0.25, 0.3) is 0 Å². The van der Waals surface area contributed by atoms with Crippen molar-refractivity contribution in [1.82, 2.24) is 9.97 Å². The number of aromatic nitrogens is 2. The van der Waals surface area contributed by atoms with Crippen LogP contribution in [-0.2, 0) is 0 Å². The predicted molar refractivity (Wildman–Crippen MR) is 352 cm³/mol. The van der Waals surface area contributed by atoms with Crippen LogP contribution in [0.2, 0.25) is 0 Å². The molecule has 0 bridgehead atoms. The Hall–Kier alpha value is -11.2.